The van der Waals surface area contributed by atoms with Crippen LogP contribution in [0.3, 0.4) is 0 Å². The van der Waals surface area contributed by atoms with E-state index in [9.17, 15) is 9.59 Å². The fraction of sp³-hybridized carbons (Fsp3) is 0.391. The third-order valence-corrected chi connectivity index (χ3v) is 6.72. The lowest BCUT2D eigenvalue weighted by Gasteiger charge is -2.36. The Hall–Kier alpha value is -2.86. The molecule has 2 N–H and O–H groups in total. The number of nitrogens with zero attached hydrogens (tertiary/aromatic N) is 1. The predicted molar refractivity (Wildman–Crippen MR) is 109 cm³/mol. The van der Waals surface area contributed by atoms with Crippen molar-refractivity contribution in [2.24, 2.45) is 5.92 Å². The normalized spacial score (nSPS) is 27.6. The number of rotatable bonds is 4. The van der Waals surface area contributed by atoms with Crippen molar-refractivity contribution in [2.75, 3.05) is 19.0 Å². The Morgan fingerprint density at radius 3 is 2.83 bits per heavy atom. The standard InChI is InChI=1S/C23H25N3O3/c1-29-17-10-8-15(9-11-17)14-24-21(27)19-13-16-5-4-12-26(16)23(19)18-6-2-3-7-20(18)25-22(23)28/h2-3,6-11,16,19H,4-5,12-14H2,1H3,(H,24,27)(H,25,28)/t16-,19-,23+/m1/s1. The maximum atomic E-state index is 13.3. The Kier molecular flexibility index (Phi) is 4.32. The molecule has 0 radical (unpaired) electrons. The van der Waals surface area contributed by atoms with Crippen molar-refractivity contribution in [3.63, 3.8) is 0 Å². The SMILES string of the molecule is COc1ccc(CNC(=O)[C@H]2C[C@H]3CCCN3[C@]23C(=O)Nc2ccccc23)cc1. The average molecular weight is 391 g/mol. The van der Waals surface area contributed by atoms with Crippen LogP contribution in [0.15, 0.2) is 48.5 Å². The van der Waals surface area contributed by atoms with Gasteiger partial charge in [-0.05, 0) is 49.6 Å². The molecule has 2 saturated heterocycles. The number of benzene rings is 2. The number of hydrogen-bond donors (Lipinski definition) is 2. The minimum Gasteiger partial charge on any atom is -0.497 e. The quantitative estimate of drug-likeness (QED) is 0.841. The summed E-state index contributed by atoms with van der Waals surface area (Å²) in [5, 5.41) is 6.12. The van der Waals surface area contributed by atoms with E-state index in [4.69, 9.17) is 4.74 Å². The molecule has 6 nitrogen and oxygen atoms in total. The van der Waals surface area contributed by atoms with Gasteiger partial charge < -0.3 is 15.4 Å². The summed E-state index contributed by atoms with van der Waals surface area (Å²) in [4.78, 5) is 28.9. The summed E-state index contributed by atoms with van der Waals surface area (Å²) in [7, 11) is 1.63. The van der Waals surface area contributed by atoms with Crippen LogP contribution in [-0.4, -0.2) is 36.4 Å². The van der Waals surface area contributed by atoms with Gasteiger partial charge in [-0.1, -0.05) is 30.3 Å². The van der Waals surface area contributed by atoms with Crippen LogP contribution in [-0.2, 0) is 21.7 Å². The highest BCUT2D eigenvalue weighted by molar-refractivity contribution is 6.09. The second-order valence-corrected chi connectivity index (χ2v) is 8.11. The first-order valence-electron chi connectivity index (χ1n) is 10.2. The number of anilines is 1. The summed E-state index contributed by atoms with van der Waals surface area (Å²) < 4.78 is 5.19. The van der Waals surface area contributed by atoms with Gasteiger partial charge in [0.05, 0.1) is 13.0 Å². The first-order valence-corrected chi connectivity index (χ1v) is 10.2. The van der Waals surface area contributed by atoms with Crippen LogP contribution in [0, 0.1) is 5.92 Å². The lowest BCUT2D eigenvalue weighted by atomic mass is 9.78. The molecule has 29 heavy (non-hydrogen) atoms. The molecule has 2 aromatic carbocycles. The van der Waals surface area contributed by atoms with Gasteiger partial charge in [-0.25, -0.2) is 0 Å². The lowest BCUT2D eigenvalue weighted by molar-refractivity contribution is -0.137. The fourth-order valence-electron chi connectivity index (χ4n) is 5.44. The first-order chi connectivity index (χ1) is 14.1. The van der Waals surface area contributed by atoms with Crippen molar-refractivity contribution in [3.8, 4) is 5.75 Å². The summed E-state index contributed by atoms with van der Waals surface area (Å²) in [5.41, 5.74) is 1.89. The molecular weight excluding hydrogens is 366 g/mol. The number of fused-ring (bicyclic) bond motifs is 4. The van der Waals surface area contributed by atoms with Crippen LogP contribution in [0.25, 0.3) is 0 Å². The zero-order valence-corrected chi connectivity index (χ0v) is 16.5. The predicted octanol–water partition coefficient (Wildman–Crippen LogP) is 2.64. The summed E-state index contributed by atoms with van der Waals surface area (Å²) >= 11 is 0. The van der Waals surface area contributed by atoms with E-state index in [-0.39, 0.29) is 17.9 Å². The second-order valence-electron chi connectivity index (χ2n) is 8.11. The van der Waals surface area contributed by atoms with Crippen molar-refractivity contribution in [1.29, 1.82) is 0 Å². The zero-order chi connectivity index (χ0) is 20.0. The summed E-state index contributed by atoms with van der Waals surface area (Å²) in [6.45, 7) is 1.29. The number of amides is 2. The Morgan fingerprint density at radius 2 is 2.03 bits per heavy atom. The maximum Gasteiger partial charge on any atom is 0.250 e. The van der Waals surface area contributed by atoms with Gasteiger partial charge in [0, 0.05) is 23.8 Å². The van der Waals surface area contributed by atoms with Crippen LogP contribution in [0.5, 0.6) is 5.75 Å². The molecule has 5 rings (SSSR count). The molecule has 0 aliphatic carbocycles. The Labute approximate surface area is 170 Å². The number of carbonyl (C=O) groups is 2. The third-order valence-electron chi connectivity index (χ3n) is 6.72. The molecule has 0 aromatic heterocycles. The summed E-state index contributed by atoms with van der Waals surface area (Å²) in [6.07, 6.45) is 2.83. The first kappa shape index (κ1) is 18.2. The minimum absolute atomic E-state index is 0.0536. The molecule has 2 fully saturated rings. The van der Waals surface area contributed by atoms with Gasteiger partial charge in [0.15, 0.2) is 0 Å². The molecule has 150 valence electrons. The van der Waals surface area contributed by atoms with Gasteiger partial charge in [-0.15, -0.1) is 0 Å². The topological polar surface area (TPSA) is 70.7 Å². The Morgan fingerprint density at radius 1 is 1.24 bits per heavy atom. The monoisotopic (exact) mass is 391 g/mol. The van der Waals surface area contributed by atoms with Crippen molar-refractivity contribution in [3.05, 3.63) is 59.7 Å². The van der Waals surface area contributed by atoms with E-state index in [1.54, 1.807) is 7.11 Å². The summed E-state index contributed by atoms with van der Waals surface area (Å²) in [5.74, 6) is 0.277. The van der Waals surface area contributed by atoms with Crippen LogP contribution in [0.1, 0.15) is 30.4 Å². The third kappa shape index (κ3) is 2.66. The fourth-order valence-corrected chi connectivity index (χ4v) is 5.44. The second kappa shape index (κ2) is 6.88. The number of hydrogen-bond acceptors (Lipinski definition) is 4. The molecule has 3 atom stereocenters. The summed E-state index contributed by atoms with van der Waals surface area (Å²) in [6, 6.07) is 15.7. The number of para-hydroxylation sites is 1. The smallest absolute Gasteiger partial charge is 0.250 e. The highest BCUT2D eigenvalue weighted by atomic mass is 16.5. The van der Waals surface area contributed by atoms with Crippen LogP contribution < -0.4 is 15.4 Å². The molecule has 3 aliphatic rings. The number of ether oxygens (including phenoxy) is 1. The highest BCUT2D eigenvalue weighted by Gasteiger charge is 2.65. The van der Waals surface area contributed by atoms with E-state index in [2.05, 4.69) is 15.5 Å². The van der Waals surface area contributed by atoms with Gasteiger partial charge in [0.25, 0.3) is 0 Å². The molecule has 3 aliphatic heterocycles. The average Bonchev–Trinajstić information content (AvgIpc) is 3.41. The molecule has 2 aromatic rings. The van der Waals surface area contributed by atoms with E-state index in [0.717, 1.165) is 48.4 Å². The maximum absolute atomic E-state index is 13.3. The van der Waals surface area contributed by atoms with Crippen LogP contribution in [0.2, 0.25) is 0 Å². The van der Waals surface area contributed by atoms with Crippen molar-refractivity contribution in [2.45, 2.75) is 37.4 Å². The van der Waals surface area contributed by atoms with Crippen molar-refractivity contribution < 1.29 is 14.3 Å². The van der Waals surface area contributed by atoms with Crippen LogP contribution in [0.4, 0.5) is 5.69 Å². The Bertz CT molecular complexity index is 958. The van der Waals surface area contributed by atoms with E-state index in [1.165, 1.54) is 0 Å². The van der Waals surface area contributed by atoms with Gasteiger partial charge in [-0.2, -0.15) is 0 Å². The minimum atomic E-state index is -0.887. The number of carbonyl (C=O) groups excluding carboxylic acids is 2. The van der Waals surface area contributed by atoms with E-state index >= 15 is 0 Å². The van der Waals surface area contributed by atoms with E-state index in [1.807, 2.05) is 48.5 Å². The van der Waals surface area contributed by atoms with Crippen molar-refractivity contribution >= 4 is 17.5 Å². The lowest BCUT2D eigenvalue weighted by Crippen LogP contribution is -2.54. The largest absolute Gasteiger partial charge is 0.497 e. The molecule has 0 bridgehead atoms. The molecule has 6 heteroatoms. The molecule has 2 amide bonds. The van der Waals surface area contributed by atoms with Gasteiger partial charge in [0.1, 0.15) is 11.3 Å². The Balaban J connectivity index is 1.44. The molecule has 0 saturated carbocycles. The van der Waals surface area contributed by atoms with Gasteiger partial charge >= 0.3 is 0 Å². The van der Waals surface area contributed by atoms with E-state index in [0.29, 0.717) is 6.54 Å². The van der Waals surface area contributed by atoms with Crippen LogP contribution >= 0.6 is 0 Å². The highest BCUT2D eigenvalue weighted by Crippen LogP contribution is 2.55. The molecular formula is C23H25N3O3. The van der Waals surface area contributed by atoms with E-state index < -0.39 is 11.5 Å². The molecule has 1 spiro atoms. The van der Waals surface area contributed by atoms with Crippen molar-refractivity contribution in [1.82, 2.24) is 10.2 Å². The molecule has 0 unspecified atom stereocenters. The number of methoxy groups -OCH3 is 1. The van der Waals surface area contributed by atoms with Gasteiger partial charge in [0.2, 0.25) is 11.8 Å². The molecule has 3 heterocycles. The number of nitrogens with one attached hydrogen (secondary N) is 2. The van der Waals surface area contributed by atoms with Gasteiger partial charge in [-0.3, -0.25) is 14.5 Å². The zero-order valence-electron chi connectivity index (χ0n) is 16.5.